The van der Waals surface area contributed by atoms with Gasteiger partial charge in [-0.05, 0) is 68.0 Å². The summed E-state index contributed by atoms with van der Waals surface area (Å²) in [6, 6.07) is 13.3. The van der Waals surface area contributed by atoms with Gasteiger partial charge < -0.3 is 9.30 Å². The van der Waals surface area contributed by atoms with Crippen LogP contribution in [0.15, 0.2) is 60.2 Å². The summed E-state index contributed by atoms with van der Waals surface area (Å²) >= 11 is 0. The number of carbonyl (C=O) groups excluding carboxylic acids is 3. The highest BCUT2D eigenvalue weighted by molar-refractivity contribution is 6.39. The molecule has 1 aliphatic rings. The number of barbiturate groups is 1. The first-order chi connectivity index (χ1) is 16.2. The molecule has 0 spiro atoms. The van der Waals surface area contributed by atoms with Gasteiger partial charge in [0.1, 0.15) is 11.3 Å². The second-order valence-corrected chi connectivity index (χ2v) is 7.59. The standard InChI is InChI=1S/C24H20N4O6/c1-14-12-16(15(2)26(14)17-4-6-19(7-5-17)28(32)33)13-21-22(29)25-24(31)27(23(21)30)18-8-10-20(34-3)11-9-18/h4-13H,1-3H3,(H,25,29,31)/b21-13-. The lowest BCUT2D eigenvalue weighted by Gasteiger charge is -2.26. The van der Waals surface area contributed by atoms with Crippen LogP contribution in [0.4, 0.5) is 16.2 Å². The van der Waals surface area contributed by atoms with E-state index < -0.39 is 22.8 Å². The van der Waals surface area contributed by atoms with Crippen LogP contribution in [-0.2, 0) is 9.59 Å². The fourth-order valence-electron chi connectivity index (χ4n) is 3.83. The third kappa shape index (κ3) is 3.92. The molecule has 4 rings (SSSR count). The Morgan fingerprint density at radius 1 is 0.971 bits per heavy atom. The van der Waals surface area contributed by atoms with Crippen LogP contribution >= 0.6 is 0 Å². The number of benzene rings is 2. The number of nitro groups is 1. The van der Waals surface area contributed by atoms with Crippen molar-refractivity contribution in [2.45, 2.75) is 13.8 Å². The number of nitrogens with zero attached hydrogens (tertiary/aromatic N) is 3. The van der Waals surface area contributed by atoms with Crippen LogP contribution in [0.3, 0.4) is 0 Å². The van der Waals surface area contributed by atoms with Crippen molar-refractivity contribution in [2.75, 3.05) is 12.0 Å². The minimum Gasteiger partial charge on any atom is -0.497 e. The minimum atomic E-state index is -0.839. The summed E-state index contributed by atoms with van der Waals surface area (Å²) < 4.78 is 6.96. The maximum atomic E-state index is 13.2. The van der Waals surface area contributed by atoms with Gasteiger partial charge in [-0.15, -0.1) is 0 Å². The van der Waals surface area contributed by atoms with Crippen LogP contribution in [0.25, 0.3) is 11.8 Å². The van der Waals surface area contributed by atoms with Crippen LogP contribution in [0.5, 0.6) is 5.75 Å². The average Bonchev–Trinajstić information content (AvgIpc) is 3.09. The van der Waals surface area contributed by atoms with Crippen molar-refractivity contribution >= 4 is 35.3 Å². The largest absolute Gasteiger partial charge is 0.497 e. The van der Waals surface area contributed by atoms with Gasteiger partial charge >= 0.3 is 6.03 Å². The lowest BCUT2D eigenvalue weighted by molar-refractivity contribution is -0.384. The number of nitrogens with one attached hydrogen (secondary N) is 1. The van der Waals surface area contributed by atoms with Crippen LogP contribution in [-0.4, -0.2) is 34.4 Å². The number of nitro benzene ring substituents is 1. The summed E-state index contributed by atoms with van der Waals surface area (Å²) in [7, 11) is 1.50. The highest BCUT2D eigenvalue weighted by Gasteiger charge is 2.37. The first kappa shape index (κ1) is 22.5. The molecule has 2 heterocycles. The topological polar surface area (TPSA) is 124 Å². The van der Waals surface area contributed by atoms with Gasteiger partial charge in [0.05, 0.1) is 17.7 Å². The van der Waals surface area contributed by atoms with Crippen LogP contribution in [0.2, 0.25) is 0 Å². The summed E-state index contributed by atoms with van der Waals surface area (Å²) in [4.78, 5) is 49.5. The maximum absolute atomic E-state index is 13.2. The van der Waals surface area contributed by atoms with Gasteiger partial charge in [-0.25, -0.2) is 9.69 Å². The molecule has 1 saturated heterocycles. The van der Waals surface area contributed by atoms with E-state index in [0.29, 0.717) is 22.7 Å². The molecule has 4 amide bonds. The molecule has 2 aromatic carbocycles. The van der Waals surface area contributed by atoms with E-state index >= 15 is 0 Å². The molecule has 3 aromatic rings. The molecule has 1 aromatic heterocycles. The quantitative estimate of drug-likeness (QED) is 0.268. The van der Waals surface area contributed by atoms with E-state index in [9.17, 15) is 24.5 Å². The first-order valence-electron chi connectivity index (χ1n) is 10.2. The number of methoxy groups -OCH3 is 1. The molecular formula is C24H20N4O6. The minimum absolute atomic E-state index is 0.0266. The molecule has 0 bridgehead atoms. The van der Waals surface area contributed by atoms with Crippen molar-refractivity contribution in [2.24, 2.45) is 0 Å². The molecular weight excluding hydrogens is 440 g/mol. The molecule has 0 unspecified atom stereocenters. The predicted octanol–water partition coefficient (Wildman–Crippen LogP) is 3.68. The number of carbonyl (C=O) groups is 3. The molecule has 0 atom stereocenters. The molecule has 172 valence electrons. The van der Waals surface area contributed by atoms with E-state index in [0.717, 1.165) is 10.6 Å². The normalized spacial score (nSPS) is 15.0. The van der Waals surface area contributed by atoms with E-state index in [2.05, 4.69) is 5.32 Å². The lowest BCUT2D eigenvalue weighted by atomic mass is 10.1. The molecule has 1 fully saturated rings. The molecule has 1 aliphatic heterocycles. The Labute approximate surface area is 194 Å². The monoisotopic (exact) mass is 460 g/mol. The van der Waals surface area contributed by atoms with Crippen molar-refractivity contribution in [1.29, 1.82) is 0 Å². The number of imide groups is 2. The van der Waals surface area contributed by atoms with Gasteiger partial charge in [0.2, 0.25) is 0 Å². The summed E-state index contributed by atoms with van der Waals surface area (Å²) in [6.45, 7) is 3.64. The van der Waals surface area contributed by atoms with Crippen molar-refractivity contribution in [3.63, 3.8) is 0 Å². The van der Waals surface area contributed by atoms with Crippen molar-refractivity contribution in [3.8, 4) is 11.4 Å². The van der Waals surface area contributed by atoms with E-state index in [4.69, 9.17) is 4.74 Å². The van der Waals surface area contributed by atoms with Gasteiger partial charge in [-0.2, -0.15) is 0 Å². The Balaban J connectivity index is 1.72. The van der Waals surface area contributed by atoms with Gasteiger partial charge in [0, 0.05) is 29.2 Å². The molecule has 1 N–H and O–H groups in total. The zero-order valence-corrected chi connectivity index (χ0v) is 18.6. The number of amides is 4. The van der Waals surface area contributed by atoms with Gasteiger partial charge in [-0.1, -0.05) is 0 Å². The predicted molar refractivity (Wildman–Crippen MR) is 124 cm³/mol. The highest BCUT2D eigenvalue weighted by atomic mass is 16.6. The number of ether oxygens (including phenoxy) is 1. The van der Waals surface area contributed by atoms with Crippen molar-refractivity contribution < 1.29 is 24.0 Å². The van der Waals surface area contributed by atoms with Crippen molar-refractivity contribution in [3.05, 3.63) is 87.2 Å². The Morgan fingerprint density at radius 2 is 1.59 bits per heavy atom. The number of hydrogen-bond donors (Lipinski definition) is 1. The third-order valence-electron chi connectivity index (χ3n) is 5.52. The highest BCUT2D eigenvalue weighted by Crippen LogP contribution is 2.27. The Bertz CT molecular complexity index is 1350. The fourth-order valence-corrected chi connectivity index (χ4v) is 3.83. The van der Waals surface area contributed by atoms with Gasteiger partial charge in [0.15, 0.2) is 0 Å². The molecule has 10 heteroatoms. The second kappa shape index (κ2) is 8.66. The number of rotatable bonds is 5. The number of hydrogen-bond acceptors (Lipinski definition) is 6. The van der Waals surface area contributed by atoms with E-state index in [1.807, 2.05) is 11.5 Å². The SMILES string of the molecule is COc1ccc(N2C(=O)NC(=O)/C(=C/c3cc(C)n(-c4ccc([N+](=O)[O-])cc4)c3C)C2=O)cc1. The van der Waals surface area contributed by atoms with Gasteiger partial charge in [0.25, 0.3) is 17.5 Å². The Morgan fingerprint density at radius 3 is 2.18 bits per heavy atom. The summed E-state index contributed by atoms with van der Waals surface area (Å²) in [5, 5.41) is 13.1. The molecule has 0 radical (unpaired) electrons. The molecule has 34 heavy (non-hydrogen) atoms. The zero-order chi connectivity index (χ0) is 24.6. The van der Waals surface area contributed by atoms with Crippen molar-refractivity contribution in [1.82, 2.24) is 9.88 Å². The smallest absolute Gasteiger partial charge is 0.335 e. The summed E-state index contributed by atoms with van der Waals surface area (Å²) in [5.41, 5.74) is 2.87. The van der Waals surface area contributed by atoms with E-state index in [1.165, 1.54) is 25.3 Å². The number of anilines is 1. The molecule has 0 saturated carbocycles. The fraction of sp³-hybridized carbons (Fsp3) is 0.125. The maximum Gasteiger partial charge on any atom is 0.335 e. The number of aromatic nitrogens is 1. The third-order valence-corrected chi connectivity index (χ3v) is 5.52. The summed E-state index contributed by atoms with van der Waals surface area (Å²) in [5.74, 6) is -0.988. The zero-order valence-electron chi connectivity index (χ0n) is 18.6. The molecule has 0 aliphatic carbocycles. The Hall–Kier alpha value is -4.73. The first-order valence-corrected chi connectivity index (χ1v) is 10.2. The second-order valence-electron chi connectivity index (χ2n) is 7.59. The van der Waals surface area contributed by atoms with Crippen LogP contribution < -0.4 is 15.0 Å². The van der Waals surface area contributed by atoms with E-state index in [-0.39, 0.29) is 16.9 Å². The van der Waals surface area contributed by atoms with E-state index in [1.54, 1.807) is 49.4 Å². The number of non-ortho nitro benzene ring substituents is 1. The van der Waals surface area contributed by atoms with Crippen LogP contribution in [0, 0.1) is 24.0 Å². The summed E-state index contributed by atoms with van der Waals surface area (Å²) in [6.07, 6.45) is 1.44. The average molecular weight is 460 g/mol. The Kier molecular flexibility index (Phi) is 5.72. The van der Waals surface area contributed by atoms with Gasteiger partial charge in [-0.3, -0.25) is 25.0 Å². The molecule has 10 nitrogen and oxygen atoms in total. The number of urea groups is 1. The lowest BCUT2D eigenvalue weighted by Crippen LogP contribution is -2.54. The van der Waals surface area contributed by atoms with Crippen LogP contribution in [0.1, 0.15) is 17.0 Å². The number of aryl methyl sites for hydroxylation is 1.